The van der Waals surface area contributed by atoms with Crippen LogP contribution in [0.3, 0.4) is 0 Å². The predicted octanol–water partition coefficient (Wildman–Crippen LogP) is 13.6. The van der Waals surface area contributed by atoms with Gasteiger partial charge in [0.2, 0.25) is 11.8 Å². The number of thioether (sulfide) groups is 1. The monoisotopic (exact) mass is 749 g/mol. The van der Waals surface area contributed by atoms with Crippen molar-refractivity contribution in [2.24, 2.45) is 53.3 Å². The molecule has 0 bridgehead atoms. The molecule has 0 rings (SSSR count). The lowest BCUT2D eigenvalue weighted by molar-refractivity contribution is -0.125. The number of amides is 2. The lowest BCUT2D eigenvalue weighted by atomic mass is 10.0. The molecule has 0 radical (unpaired) electrons. The Morgan fingerprint density at radius 2 is 0.824 bits per heavy atom. The van der Waals surface area contributed by atoms with Gasteiger partial charge >= 0.3 is 0 Å². The van der Waals surface area contributed by atoms with Crippen molar-refractivity contribution in [1.29, 1.82) is 0 Å². The van der Waals surface area contributed by atoms with Gasteiger partial charge in [-0.25, -0.2) is 0 Å². The van der Waals surface area contributed by atoms with Crippen molar-refractivity contribution in [2.45, 2.75) is 209 Å². The molecule has 0 aromatic rings. The van der Waals surface area contributed by atoms with Crippen molar-refractivity contribution >= 4 is 23.6 Å². The minimum Gasteiger partial charge on any atom is -0.379 e. The first kappa shape index (κ1) is 62.2. The van der Waals surface area contributed by atoms with E-state index in [9.17, 15) is 9.59 Å². The summed E-state index contributed by atoms with van der Waals surface area (Å²) in [5.74, 6) is 7.40. The predicted molar refractivity (Wildman–Crippen MR) is 237 cm³/mol. The Morgan fingerprint density at radius 3 is 0.961 bits per heavy atom. The average Bonchev–Trinajstić information content (AvgIpc) is 2.96. The summed E-state index contributed by atoms with van der Waals surface area (Å²) in [7, 11) is 0. The van der Waals surface area contributed by atoms with Gasteiger partial charge in [0.05, 0.1) is 6.10 Å². The largest absolute Gasteiger partial charge is 0.379 e. The van der Waals surface area contributed by atoms with Crippen LogP contribution in [0.1, 0.15) is 192 Å². The maximum absolute atomic E-state index is 10.9. The molecule has 0 aliphatic carbocycles. The number of carbonyl (C=O) groups is 2. The average molecular weight is 749 g/mol. The van der Waals surface area contributed by atoms with E-state index in [1.54, 1.807) is 0 Å². The highest BCUT2D eigenvalue weighted by molar-refractivity contribution is 7.99. The Hall–Kier alpha value is -0.750. The molecule has 0 unspecified atom stereocenters. The number of hydrogen-bond acceptors (Lipinski definition) is 4. The maximum Gasteiger partial charge on any atom is 0.222 e. The van der Waals surface area contributed by atoms with Gasteiger partial charge in [0.1, 0.15) is 0 Å². The number of rotatable bonds is 17. The fraction of sp³-hybridized carbons (Fsp3) is 0.956. The van der Waals surface area contributed by atoms with Crippen LogP contribution >= 0.6 is 11.8 Å². The molecule has 0 fully saturated rings. The zero-order valence-corrected chi connectivity index (χ0v) is 40.3. The number of hydrogen-bond donors (Lipinski definition) is 2. The summed E-state index contributed by atoms with van der Waals surface area (Å²) >= 11 is 2.04. The smallest absolute Gasteiger partial charge is 0.222 e. The third kappa shape index (κ3) is 83.7. The molecule has 0 spiro atoms. The highest BCUT2D eigenvalue weighted by atomic mass is 32.2. The van der Waals surface area contributed by atoms with Crippen LogP contribution in [0.25, 0.3) is 0 Å². The van der Waals surface area contributed by atoms with E-state index in [4.69, 9.17) is 4.74 Å². The van der Waals surface area contributed by atoms with E-state index in [0.717, 1.165) is 48.0 Å². The van der Waals surface area contributed by atoms with Crippen molar-refractivity contribution in [3.63, 3.8) is 0 Å². The third-order valence-corrected chi connectivity index (χ3v) is 7.86. The zero-order chi connectivity index (χ0) is 41.9. The van der Waals surface area contributed by atoms with Gasteiger partial charge in [0.15, 0.2) is 0 Å². The van der Waals surface area contributed by atoms with Crippen LogP contribution in [0.5, 0.6) is 0 Å². The lowest BCUT2D eigenvalue weighted by Crippen LogP contribution is -2.33. The molecule has 0 aliphatic rings. The van der Waals surface area contributed by atoms with E-state index in [-0.39, 0.29) is 29.7 Å². The van der Waals surface area contributed by atoms with E-state index < -0.39 is 0 Å². The molecule has 314 valence electrons. The minimum atomic E-state index is 0.104. The molecule has 2 amide bonds. The molecule has 0 saturated carbocycles. The summed E-state index contributed by atoms with van der Waals surface area (Å²) in [6.07, 6.45) is 5.93. The molecular weight excluding hydrogens is 649 g/mol. The second kappa shape index (κ2) is 42.0. The zero-order valence-electron chi connectivity index (χ0n) is 39.5. The highest BCUT2D eigenvalue weighted by Gasteiger charge is 2.07. The van der Waals surface area contributed by atoms with Crippen LogP contribution < -0.4 is 10.6 Å². The van der Waals surface area contributed by atoms with E-state index in [0.29, 0.717) is 17.9 Å². The summed E-state index contributed by atoms with van der Waals surface area (Å²) in [4.78, 5) is 21.8. The first-order valence-electron chi connectivity index (χ1n) is 20.9. The Kier molecular flexibility index (Phi) is 51.3. The standard InChI is InChI=1S/C8H17NO.2C8H18.C7H15NO.C7H16O.C7H16S/c1-6(2)5-9-8(10)7(3)4;2*1-7(2)5-6-8(3)4;1-5(2)7(9)8-6(3)4;2*1-6(2)5-8-7(3)4/h6-7H,5H2,1-4H3,(H,9,10);2*7-8H,5-6H2,1-4H3;5-6H,1-4H3,(H,8,9);2*6-7H,5H2,1-4H3. The summed E-state index contributed by atoms with van der Waals surface area (Å²) in [5, 5.41) is 6.45. The number of carbonyl (C=O) groups excluding carboxylic acids is 2. The van der Waals surface area contributed by atoms with Crippen LogP contribution in [0, 0.1) is 53.3 Å². The Bertz CT molecular complexity index is 602. The van der Waals surface area contributed by atoms with Crippen molar-refractivity contribution in [3.8, 4) is 0 Å². The Morgan fingerprint density at radius 1 is 0.471 bits per heavy atom. The van der Waals surface area contributed by atoms with E-state index in [2.05, 4.69) is 135 Å². The van der Waals surface area contributed by atoms with Crippen molar-refractivity contribution < 1.29 is 14.3 Å². The lowest BCUT2D eigenvalue weighted by Gasteiger charge is -2.09. The van der Waals surface area contributed by atoms with E-state index in [1.807, 2.05) is 53.3 Å². The van der Waals surface area contributed by atoms with Gasteiger partial charge in [-0.15, -0.1) is 0 Å². The summed E-state index contributed by atoms with van der Waals surface area (Å²) in [5.41, 5.74) is 0. The summed E-state index contributed by atoms with van der Waals surface area (Å²) in [6.45, 7) is 53.0. The van der Waals surface area contributed by atoms with Crippen molar-refractivity contribution in [2.75, 3.05) is 18.9 Å². The van der Waals surface area contributed by atoms with Gasteiger partial charge < -0.3 is 15.4 Å². The SMILES string of the molecule is CC(C)CCC(C)C.CC(C)CCC(C)C.CC(C)CNC(=O)C(C)C.CC(C)COC(C)C.CC(C)CSC(C)C.CC(C)NC(=O)C(C)C. The molecule has 0 aromatic heterocycles. The minimum absolute atomic E-state index is 0.104. The molecule has 0 aromatic carbocycles. The number of ether oxygens (including phenoxy) is 1. The second-order valence-electron chi connectivity index (χ2n) is 18.4. The second-order valence-corrected chi connectivity index (χ2v) is 20.0. The molecule has 0 aliphatic heterocycles. The van der Waals surface area contributed by atoms with Gasteiger partial charge in [-0.1, -0.05) is 164 Å². The number of nitrogens with one attached hydrogen (secondary N) is 2. The Labute approximate surface area is 328 Å². The van der Waals surface area contributed by atoms with Gasteiger partial charge in [-0.2, -0.15) is 11.8 Å². The fourth-order valence-corrected chi connectivity index (χ4v) is 3.83. The maximum atomic E-state index is 10.9. The molecule has 5 nitrogen and oxygen atoms in total. The van der Waals surface area contributed by atoms with E-state index in [1.165, 1.54) is 31.4 Å². The van der Waals surface area contributed by atoms with Crippen LogP contribution in [0.15, 0.2) is 0 Å². The topological polar surface area (TPSA) is 67.4 Å². The molecule has 0 saturated heterocycles. The molecule has 51 heavy (non-hydrogen) atoms. The van der Waals surface area contributed by atoms with Crippen LogP contribution in [-0.4, -0.2) is 48.1 Å². The van der Waals surface area contributed by atoms with Gasteiger partial charge in [-0.3, -0.25) is 9.59 Å². The first-order valence-corrected chi connectivity index (χ1v) is 21.9. The Balaban J connectivity index is -0.000000119. The quantitative estimate of drug-likeness (QED) is 0.155. The normalized spacial score (nSPS) is 11.0. The molecule has 0 atom stereocenters. The summed E-state index contributed by atoms with van der Waals surface area (Å²) in [6, 6.07) is 0.264. The molecule has 2 N–H and O–H groups in total. The van der Waals surface area contributed by atoms with Gasteiger partial charge in [0.25, 0.3) is 0 Å². The molecule has 0 heterocycles. The van der Waals surface area contributed by atoms with E-state index >= 15 is 0 Å². The summed E-state index contributed by atoms with van der Waals surface area (Å²) < 4.78 is 5.30. The third-order valence-electron chi connectivity index (χ3n) is 6.33. The highest BCUT2D eigenvalue weighted by Crippen LogP contribution is 2.13. The first-order chi connectivity index (χ1) is 23.1. The molecular formula is C45H100N2O3S. The molecule has 6 heteroatoms. The van der Waals surface area contributed by atoms with Crippen molar-refractivity contribution in [3.05, 3.63) is 0 Å². The van der Waals surface area contributed by atoms with Gasteiger partial charge in [-0.05, 0) is 80.1 Å². The van der Waals surface area contributed by atoms with Crippen LogP contribution in [-0.2, 0) is 14.3 Å². The van der Waals surface area contributed by atoms with Gasteiger partial charge in [0, 0.05) is 31.0 Å². The fourth-order valence-electron chi connectivity index (χ4n) is 3.06. The van der Waals surface area contributed by atoms with Crippen LogP contribution in [0.2, 0.25) is 0 Å². The van der Waals surface area contributed by atoms with Crippen LogP contribution in [0.4, 0.5) is 0 Å². The van der Waals surface area contributed by atoms with Crippen molar-refractivity contribution in [1.82, 2.24) is 10.6 Å².